The lowest BCUT2D eigenvalue weighted by molar-refractivity contribution is -0.122. The molecule has 1 aliphatic heterocycles. The molecule has 0 radical (unpaired) electrons. The number of amides is 1. The summed E-state index contributed by atoms with van der Waals surface area (Å²) in [6.07, 6.45) is 2.92. The number of hydrogen-bond acceptors (Lipinski definition) is 2. The molecule has 3 nitrogen and oxygen atoms in total. The quantitative estimate of drug-likeness (QED) is 0.853. The Labute approximate surface area is 109 Å². The molecule has 3 heteroatoms. The number of carbonyl (C=O) groups excluding carboxylic acids is 1. The van der Waals surface area contributed by atoms with Crippen molar-refractivity contribution in [2.75, 3.05) is 13.1 Å². The lowest BCUT2D eigenvalue weighted by atomic mass is 9.94. The third kappa shape index (κ3) is 4.15. The smallest absolute Gasteiger partial charge is 0.220 e. The molecule has 98 valence electrons. The minimum absolute atomic E-state index is 0.183. The van der Waals surface area contributed by atoms with E-state index >= 15 is 0 Å². The van der Waals surface area contributed by atoms with E-state index in [1.807, 2.05) is 0 Å². The van der Waals surface area contributed by atoms with Crippen LogP contribution in [0.2, 0.25) is 0 Å². The average Bonchev–Trinajstić information content (AvgIpc) is 2.39. The van der Waals surface area contributed by atoms with Crippen LogP contribution in [0.1, 0.15) is 30.4 Å². The van der Waals surface area contributed by atoms with Gasteiger partial charge >= 0.3 is 0 Å². The van der Waals surface area contributed by atoms with Crippen LogP contribution in [-0.2, 0) is 11.3 Å². The highest BCUT2D eigenvalue weighted by Crippen LogP contribution is 2.15. The van der Waals surface area contributed by atoms with Crippen LogP contribution in [0.3, 0.4) is 0 Å². The summed E-state index contributed by atoms with van der Waals surface area (Å²) < 4.78 is 0. The van der Waals surface area contributed by atoms with Crippen LogP contribution in [0.4, 0.5) is 0 Å². The summed E-state index contributed by atoms with van der Waals surface area (Å²) in [6.45, 7) is 4.81. The van der Waals surface area contributed by atoms with Crippen LogP contribution in [0.15, 0.2) is 24.3 Å². The van der Waals surface area contributed by atoms with Gasteiger partial charge in [0.15, 0.2) is 0 Å². The van der Waals surface area contributed by atoms with E-state index in [1.54, 1.807) is 0 Å². The first-order valence-electron chi connectivity index (χ1n) is 6.77. The molecule has 1 aromatic rings. The lowest BCUT2D eigenvalue weighted by Crippen LogP contribution is -2.32. The highest BCUT2D eigenvalue weighted by molar-refractivity contribution is 5.76. The van der Waals surface area contributed by atoms with E-state index in [0.29, 0.717) is 18.9 Å². The third-order valence-electron chi connectivity index (χ3n) is 3.54. The number of nitrogens with one attached hydrogen (secondary N) is 2. The fourth-order valence-corrected chi connectivity index (χ4v) is 2.33. The molecule has 0 aliphatic carbocycles. The Morgan fingerprint density at radius 3 is 2.61 bits per heavy atom. The summed E-state index contributed by atoms with van der Waals surface area (Å²) in [4.78, 5) is 11.8. The lowest BCUT2D eigenvalue weighted by Gasteiger charge is -2.21. The summed E-state index contributed by atoms with van der Waals surface area (Å²) in [5.74, 6) is 0.742. The molecule has 1 saturated heterocycles. The molecule has 1 aromatic carbocycles. The van der Waals surface area contributed by atoms with Crippen molar-refractivity contribution < 1.29 is 4.79 Å². The largest absolute Gasteiger partial charge is 0.352 e. The minimum Gasteiger partial charge on any atom is -0.352 e. The van der Waals surface area contributed by atoms with Crippen LogP contribution in [0.5, 0.6) is 0 Å². The van der Waals surface area contributed by atoms with Crippen molar-refractivity contribution >= 4 is 5.91 Å². The van der Waals surface area contributed by atoms with E-state index in [0.717, 1.165) is 25.9 Å². The van der Waals surface area contributed by atoms with E-state index in [4.69, 9.17) is 0 Å². The minimum atomic E-state index is 0.183. The highest BCUT2D eigenvalue weighted by atomic mass is 16.1. The van der Waals surface area contributed by atoms with Crippen molar-refractivity contribution in [3.05, 3.63) is 35.4 Å². The molecule has 2 N–H and O–H groups in total. The second kappa shape index (κ2) is 6.55. The zero-order valence-electron chi connectivity index (χ0n) is 11.0. The Hall–Kier alpha value is -1.35. The van der Waals surface area contributed by atoms with E-state index in [-0.39, 0.29) is 5.91 Å². The number of aryl methyl sites for hydroxylation is 1. The molecule has 0 spiro atoms. The fraction of sp³-hybridized carbons (Fsp3) is 0.533. The average molecular weight is 246 g/mol. The summed E-state index contributed by atoms with van der Waals surface area (Å²) in [5, 5.41) is 6.33. The fourth-order valence-electron chi connectivity index (χ4n) is 2.33. The van der Waals surface area contributed by atoms with Crippen molar-refractivity contribution in [3.63, 3.8) is 0 Å². The van der Waals surface area contributed by atoms with Crippen LogP contribution in [0.25, 0.3) is 0 Å². The third-order valence-corrected chi connectivity index (χ3v) is 3.54. The molecule has 0 bridgehead atoms. The zero-order chi connectivity index (χ0) is 12.8. The molecular formula is C15H22N2O. The van der Waals surface area contributed by atoms with Crippen LogP contribution >= 0.6 is 0 Å². The van der Waals surface area contributed by atoms with Gasteiger partial charge in [-0.3, -0.25) is 4.79 Å². The van der Waals surface area contributed by atoms with Crippen LogP contribution in [-0.4, -0.2) is 19.0 Å². The zero-order valence-corrected chi connectivity index (χ0v) is 11.0. The maximum Gasteiger partial charge on any atom is 0.220 e. The van der Waals surface area contributed by atoms with Gasteiger partial charge in [-0.1, -0.05) is 29.8 Å². The molecule has 1 aliphatic rings. The molecule has 1 amide bonds. The van der Waals surface area contributed by atoms with Crippen molar-refractivity contribution in [1.29, 1.82) is 0 Å². The molecule has 1 fully saturated rings. The Bertz CT molecular complexity index is 380. The summed E-state index contributed by atoms with van der Waals surface area (Å²) in [5.41, 5.74) is 2.42. The highest BCUT2D eigenvalue weighted by Gasteiger charge is 2.16. The first-order valence-corrected chi connectivity index (χ1v) is 6.77. The molecule has 2 rings (SSSR count). The van der Waals surface area contributed by atoms with Gasteiger partial charge in [0.05, 0.1) is 0 Å². The Morgan fingerprint density at radius 2 is 1.94 bits per heavy atom. The van der Waals surface area contributed by atoms with Gasteiger partial charge < -0.3 is 10.6 Å². The summed E-state index contributed by atoms with van der Waals surface area (Å²) in [7, 11) is 0. The Morgan fingerprint density at radius 1 is 1.28 bits per heavy atom. The van der Waals surface area contributed by atoms with Gasteiger partial charge in [-0.15, -0.1) is 0 Å². The second-order valence-electron chi connectivity index (χ2n) is 5.16. The van der Waals surface area contributed by atoms with Crippen LogP contribution < -0.4 is 10.6 Å². The first kappa shape index (κ1) is 13.1. The van der Waals surface area contributed by atoms with Crippen LogP contribution in [0, 0.1) is 12.8 Å². The van der Waals surface area contributed by atoms with Crippen molar-refractivity contribution in [2.24, 2.45) is 5.92 Å². The Balaban J connectivity index is 1.72. The second-order valence-corrected chi connectivity index (χ2v) is 5.16. The van der Waals surface area contributed by atoms with Gasteiger partial charge in [-0.2, -0.15) is 0 Å². The van der Waals surface area contributed by atoms with Crippen molar-refractivity contribution in [2.45, 2.75) is 32.7 Å². The van der Waals surface area contributed by atoms with Gasteiger partial charge in [0.2, 0.25) is 5.91 Å². The maximum absolute atomic E-state index is 11.8. The van der Waals surface area contributed by atoms with Crippen molar-refractivity contribution in [3.8, 4) is 0 Å². The number of hydrogen-bond donors (Lipinski definition) is 2. The SMILES string of the molecule is Cc1ccc(CNC(=O)CC2CCNCC2)cc1. The number of rotatable bonds is 4. The van der Waals surface area contributed by atoms with Gasteiger partial charge in [0.25, 0.3) is 0 Å². The molecule has 1 heterocycles. The molecule has 0 unspecified atom stereocenters. The topological polar surface area (TPSA) is 41.1 Å². The summed E-state index contributed by atoms with van der Waals surface area (Å²) >= 11 is 0. The molecular weight excluding hydrogens is 224 g/mol. The predicted molar refractivity (Wildman–Crippen MR) is 73.2 cm³/mol. The molecule has 0 aromatic heterocycles. The van der Waals surface area contributed by atoms with Gasteiger partial charge in [0, 0.05) is 13.0 Å². The van der Waals surface area contributed by atoms with Gasteiger partial charge in [-0.25, -0.2) is 0 Å². The normalized spacial score (nSPS) is 16.5. The molecule has 0 saturated carbocycles. The number of benzene rings is 1. The Kier molecular flexibility index (Phi) is 4.76. The number of carbonyl (C=O) groups is 1. The van der Waals surface area contributed by atoms with Crippen molar-refractivity contribution in [1.82, 2.24) is 10.6 Å². The first-order chi connectivity index (χ1) is 8.74. The summed E-state index contributed by atoms with van der Waals surface area (Å²) in [6, 6.07) is 8.29. The number of piperidine rings is 1. The van der Waals surface area contributed by atoms with E-state index in [2.05, 4.69) is 41.8 Å². The molecule has 0 atom stereocenters. The van der Waals surface area contributed by atoms with E-state index in [9.17, 15) is 4.79 Å². The predicted octanol–water partition coefficient (Wildman–Crippen LogP) is 2.00. The van der Waals surface area contributed by atoms with E-state index in [1.165, 1.54) is 11.1 Å². The molecule has 18 heavy (non-hydrogen) atoms. The van der Waals surface area contributed by atoms with Gasteiger partial charge in [-0.05, 0) is 44.3 Å². The maximum atomic E-state index is 11.8. The standard InChI is InChI=1S/C15H22N2O/c1-12-2-4-14(5-3-12)11-17-15(18)10-13-6-8-16-9-7-13/h2-5,13,16H,6-11H2,1H3,(H,17,18). The van der Waals surface area contributed by atoms with Gasteiger partial charge in [0.1, 0.15) is 0 Å². The monoisotopic (exact) mass is 246 g/mol. The van der Waals surface area contributed by atoms with E-state index < -0.39 is 0 Å².